The number of aliphatic hydroxyl groups is 1. The molecule has 0 bridgehead atoms. The lowest BCUT2D eigenvalue weighted by molar-refractivity contribution is -0.155. The maximum absolute atomic E-state index is 10.7. The fourth-order valence-corrected chi connectivity index (χ4v) is 1.31. The van der Waals surface area contributed by atoms with Crippen molar-refractivity contribution in [1.29, 1.82) is 0 Å². The number of carboxylic acid groups (broad SMARTS) is 1. The Kier molecular flexibility index (Phi) is 4.20. The van der Waals surface area contributed by atoms with E-state index in [-0.39, 0.29) is 6.54 Å². The molecule has 0 saturated carbocycles. The number of rotatable bonds is 5. The summed E-state index contributed by atoms with van der Waals surface area (Å²) in [5.41, 5.74) is -1.21. The molecule has 0 amide bonds. The molecule has 0 saturated heterocycles. The SMILES string of the molecule is COc1cc(NCC(C)(O)C(=O)O)ccc1Cl. The number of hydrogen-bond acceptors (Lipinski definition) is 4. The number of ether oxygens (including phenoxy) is 1. The van der Waals surface area contributed by atoms with Crippen molar-refractivity contribution in [3.05, 3.63) is 23.2 Å². The molecule has 1 aromatic rings. The number of methoxy groups -OCH3 is 1. The van der Waals surface area contributed by atoms with Gasteiger partial charge in [-0.1, -0.05) is 11.6 Å². The molecular formula is C11H14ClNO4. The van der Waals surface area contributed by atoms with E-state index in [1.807, 2.05) is 0 Å². The van der Waals surface area contributed by atoms with E-state index in [0.717, 1.165) is 0 Å². The molecule has 0 radical (unpaired) electrons. The van der Waals surface area contributed by atoms with E-state index in [9.17, 15) is 9.90 Å². The molecule has 1 unspecified atom stereocenters. The summed E-state index contributed by atoms with van der Waals surface area (Å²) >= 11 is 5.84. The van der Waals surface area contributed by atoms with Crippen LogP contribution in [0.2, 0.25) is 5.02 Å². The van der Waals surface area contributed by atoms with Crippen LogP contribution >= 0.6 is 11.6 Å². The Morgan fingerprint density at radius 2 is 2.24 bits per heavy atom. The molecule has 0 spiro atoms. The van der Waals surface area contributed by atoms with Crippen LogP contribution in [0.25, 0.3) is 0 Å². The van der Waals surface area contributed by atoms with Crippen molar-refractivity contribution >= 4 is 23.3 Å². The highest BCUT2D eigenvalue weighted by molar-refractivity contribution is 6.32. The highest BCUT2D eigenvalue weighted by Gasteiger charge is 2.29. The van der Waals surface area contributed by atoms with Crippen molar-refractivity contribution in [1.82, 2.24) is 0 Å². The molecule has 0 aliphatic heterocycles. The minimum Gasteiger partial charge on any atom is -0.495 e. The van der Waals surface area contributed by atoms with Gasteiger partial charge in [0.25, 0.3) is 0 Å². The summed E-state index contributed by atoms with van der Waals surface area (Å²) in [6.07, 6.45) is 0. The number of anilines is 1. The molecular weight excluding hydrogens is 246 g/mol. The number of nitrogens with one attached hydrogen (secondary N) is 1. The van der Waals surface area contributed by atoms with Crippen LogP contribution in [0.4, 0.5) is 5.69 Å². The van der Waals surface area contributed by atoms with Crippen LogP contribution in [0.3, 0.4) is 0 Å². The Labute approximate surface area is 104 Å². The molecule has 0 fully saturated rings. The van der Waals surface area contributed by atoms with Gasteiger partial charge in [-0.2, -0.15) is 0 Å². The fraction of sp³-hybridized carbons (Fsp3) is 0.364. The van der Waals surface area contributed by atoms with Gasteiger partial charge in [0, 0.05) is 11.8 Å². The molecule has 1 rings (SSSR count). The monoisotopic (exact) mass is 259 g/mol. The summed E-state index contributed by atoms with van der Waals surface area (Å²) in [6.45, 7) is 1.10. The van der Waals surface area contributed by atoms with Crippen molar-refractivity contribution < 1.29 is 19.7 Å². The Morgan fingerprint density at radius 1 is 1.59 bits per heavy atom. The molecule has 17 heavy (non-hydrogen) atoms. The summed E-state index contributed by atoms with van der Waals surface area (Å²) in [7, 11) is 1.48. The first-order valence-electron chi connectivity index (χ1n) is 4.90. The van der Waals surface area contributed by atoms with Gasteiger partial charge in [0.05, 0.1) is 18.7 Å². The molecule has 1 aromatic carbocycles. The molecule has 0 aliphatic rings. The van der Waals surface area contributed by atoms with Crippen LogP contribution in [0.1, 0.15) is 6.92 Å². The second kappa shape index (κ2) is 5.25. The van der Waals surface area contributed by atoms with Crippen LogP contribution in [0, 0.1) is 0 Å². The quantitative estimate of drug-likeness (QED) is 0.749. The Bertz CT molecular complexity index is 420. The van der Waals surface area contributed by atoms with Crippen LogP contribution < -0.4 is 10.1 Å². The van der Waals surface area contributed by atoms with E-state index in [1.54, 1.807) is 18.2 Å². The predicted molar refractivity (Wildman–Crippen MR) is 64.8 cm³/mol. The summed E-state index contributed by atoms with van der Waals surface area (Å²) in [6, 6.07) is 4.92. The van der Waals surface area contributed by atoms with E-state index >= 15 is 0 Å². The average Bonchev–Trinajstić information content (AvgIpc) is 2.28. The predicted octanol–water partition coefficient (Wildman–Crippen LogP) is 1.60. The van der Waals surface area contributed by atoms with Crippen LogP contribution in [0.15, 0.2) is 18.2 Å². The van der Waals surface area contributed by atoms with Gasteiger partial charge >= 0.3 is 5.97 Å². The van der Waals surface area contributed by atoms with Crippen molar-refractivity contribution in [2.24, 2.45) is 0 Å². The van der Waals surface area contributed by atoms with Crippen molar-refractivity contribution in [3.8, 4) is 5.75 Å². The molecule has 0 aliphatic carbocycles. The number of aliphatic carboxylic acids is 1. The zero-order valence-electron chi connectivity index (χ0n) is 9.53. The zero-order chi connectivity index (χ0) is 13.1. The van der Waals surface area contributed by atoms with Gasteiger partial charge < -0.3 is 20.3 Å². The summed E-state index contributed by atoms with van der Waals surface area (Å²) in [5, 5.41) is 21.5. The van der Waals surface area contributed by atoms with E-state index < -0.39 is 11.6 Å². The van der Waals surface area contributed by atoms with Crippen molar-refractivity contribution in [2.45, 2.75) is 12.5 Å². The van der Waals surface area contributed by atoms with Gasteiger partial charge in [-0.25, -0.2) is 4.79 Å². The number of hydrogen-bond donors (Lipinski definition) is 3. The lowest BCUT2D eigenvalue weighted by Gasteiger charge is -2.19. The van der Waals surface area contributed by atoms with E-state index in [2.05, 4.69) is 5.32 Å². The molecule has 0 aromatic heterocycles. The van der Waals surface area contributed by atoms with Gasteiger partial charge in [0.1, 0.15) is 5.75 Å². The van der Waals surface area contributed by atoms with E-state index in [1.165, 1.54) is 14.0 Å². The van der Waals surface area contributed by atoms with Crippen LogP contribution in [-0.4, -0.2) is 35.4 Å². The first kappa shape index (κ1) is 13.6. The van der Waals surface area contributed by atoms with Crippen LogP contribution in [0.5, 0.6) is 5.75 Å². The summed E-state index contributed by atoms with van der Waals surface area (Å²) in [4.78, 5) is 10.7. The third kappa shape index (κ3) is 3.51. The van der Waals surface area contributed by atoms with E-state index in [0.29, 0.717) is 16.5 Å². The van der Waals surface area contributed by atoms with Gasteiger partial charge in [-0.15, -0.1) is 0 Å². The molecule has 94 valence electrons. The summed E-state index contributed by atoms with van der Waals surface area (Å²) < 4.78 is 5.01. The largest absolute Gasteiger partial charge is 0.495 e. The Morgan fingerprint density at radius 3 is 2.76 bits per heavy atom. The number of benzene rings is 1. The standard InChI is InChI=1S/C11H14ClNO4/c1-11(16,10(14)15)6-13-7-3-4-8(12)9(5-7)17-2/h3-5,13,16H,6H2,1-2H3,(H,14,15). The Hall–Kier alpha value is -1.46. The third-order valence-corrected chi connectivity index (χ3v) is 2.56. The maximum atomic E-state index is 10.7. The highest BCUT2D eigenvalue weighted by atomic mass is 35.5. The van der Waals surface area contributed by atoms with Gasteiger partial charge in [0.2, 0.25) is 0 Å². The smallest absolute Gasteiger partial charge is 0.337 e. The minimum atomic E-state index is -1.83. The molecule has 0 heterocycles. The topological polar surface area (TPSA) is 78.8 Å². The molecule has 5 nitrogen and oxygen atoms in total. The van der Waals surface area contributed by atoms with Gasteiger partial charge in [-0.3, -0.25) is 0 Å². The van der Waals surface area contributed by atoms with Crippen molar-refractivity contribution in [2.75, 3.05) is 19.0 Å². The van der Waals surface area contributed by atoms with Gasteiger partial charge in [0.15, 0.2) is 5.60 Å². The lowest BCUT2D eigenvalue weighted by Crippen LogP contribution is -2.41. The normalized spacial score (nSPS) is 13.9. The first-order chi connectivity index (χ1) is 7.86. The lowest BCUT2D eigenvalue weighted by atomic mass is 10.1. The fourth-order valence-electron chi connectivity index (χ4n) is 1.12. The highest BCUT2D eigenvalue weighted by Crippen LogP contribution is 2.27. The second-order valence-corrected chi connectivity index (χ2v) is 4.19. The third-order valence-electron chi connectivity index (χ3n) is 2.25. The average molecular weight is 260 g/mol. The minimum absolute atomic E-state index is 0.118. The second-order valence-electron chi connectivity index (χ2n) is 3.78. The number of halogens is 1. The zero-order valence-corrected chi connectivity index (χ0v) is 10.3. The molecule has 3 N–H and O–H groups in total. The number of carboxylic acids is 1. The molecule has 6 heteroatoms. The van der Waals surface area contributed by atoms with Gasteiger partial charge in [-0.05, 0) is 19.1 Å². The summed E-state index contributed by atoms with van der Waals surface area (Å²) in [5.74, 6) is -0.808. The van der Waals surface area contributed by atoms with E-state index in [4.69, 9.17) is 21.4 Å². The van der Waals surface area contributed by atoms with Crippen molar-refractivity contribution in [3.63, 3.8) is 0 Å². The number of carbonyl (C=O) groups is 1. The molecule has 1 atom stereocenters. The van der Waals surface area contributed by atoms with Crippen LogP contribution in [-0.2, 0) is 4.79 Å². The first-order valence-corrected chi connectivity index (χ1v) is 5.28. The Balaban J connectivity index is 2.73. The maximum Gasteiger partial charge on any atom is 0.337 e.